The third kappa shape index (κ3) is 5.93. The van der Waals surface area contributed by atoms with Crippen LogP contribution in [0, 0.1) is 11.3 Å². The maximum atomic E-state index is 12.2. The summed E-state index contributed by atoms with van der Waals surface area (Å²) < 4.78 is 5.59. The zero-order chi connectivity index (χ0) is 19.2. The van der Waals surface area contributed by atoms with E-state index in [1.54, 1.807) is 24.3 Å². The summed E-state index contributed by atoms with van der Waals surface area (Å²) in [5.41, 5.74) is 0.584. The van der Waals surface area contributed by atoms with Gasteiger partial charge in [-0.1, -0.05) is 0 Å². The lowest BCUT2D eigenvalue weighted by molar-refractivity contribution is -0.126. The van der Waals surface area contributed by atoms with Crippen LogP contribution in [0.3, 0.4) is 0 Å². The molecule has 2 aliphatic rings. The zero-order valence-electron chi connectivity index (χ0n) is 15.8. The van der Waals surface area contributed by atoms with Crippen LogP contribution < -0.4 is 10.1 Å². The lowest BCUT2D eigenvalue weighted by Gasteiger charge is -2.38. The van der Waals surface area contributed by atoms with Crippen LogP contribution in [0.4, 0.5) is 0 Å². The van der Waals surface area contributed by atoms with Crippen LogP contribution in [0.25, 0.3) is 0 Å². The molecule has 2 N–H and O–H groups in total. The summed E-state index contributed by atoms with van der Waals surface area (Å²) in [6, 6.07) is 9.22. The van der Waals surface area contributed by atoms with E-state index < -0.39 is 6.10 Å². The summed E-state index contributed by atoms with van der Waals surface area (Å²) in [6.45, 7) is 6.03. The van der Waals surface area contributed by atoms with E-state index in [1.807, 2.05) is 6.92 Å². The van der Waals surface area contributed by atoms with Gasteiger partial charge in [-0.3, -0.25) is 14.6 Å². The quantitative estimate of drug-likeness (QED) is 0.694. The van der Waals surface area contributed by atoms with Gasteiger partial charge in [0.05, 0.1) is 17.7 Å². The lowest BCUT2D eigenvalue weighted by Crippen LogP contribution is -2.55. The molecule has 2 atom stereocenters. The van der Waals surface area contributed by atoms with Crippen LogP contribution >= 0.6 is 0 Å². The van der Waals surface area contributed by atoms with E-state index in [2.05, 4.69) is 21.2 Å². The van der Waals surface area contributed by atoms with Crippen LogP contribution in [-0.4, -0.2) is 78.3 Å². The van der Waals surface area contributed by atoms with Gasteiger partial charge in [-0.25, -0.2) is 0 Å². The Morgan fingerprint density at radius 1 is 1.30 bits per heavy atom. The topological polar surface area (TPSA) is 88.8 Å². The molecule has 0 spiro atoms. The highest BCUT2D eigenvalue weighted by Gasteiger charge is 2.30. The van der Waals surface area contributed by atoms with Crippen LogP contribution in [0.2, 0.25) is 0 Å². The first-order valence-electron chi connectivity index (χ1n) is 9.63. The van der Waals surface area contributed by atoms with Gasteiger partial charge in [0.15, 0.2) is 0 Å². The molecule has 7 heteroatoms. The van der Waals surface area contributed by atoms with Gasteiger partial charge in [0.1, 0.15) is 18.5 Å². The molecule has 1 saturated heterocycles. The number of nitrogens with zero attached hydrogens (tertiary/aromatic N) is 3. The van der Waals surface area contributed by atoms with Crippen molar-refractivity contribution in [2.24, 2.45) is 0 Å². The van der Waals surface area contributed by atoms with E-state index >= 15 is 0 Å². The molecule has 1 aliphatic carbocycles. The second kappa shape index (κ2) is 9.18. The second-order valence-electron chi connectivity index (χ2n) is 7.40. The van der Waals surface area contributed by atoms with Gasteiger partial charge >= 0.3 is 0 Å². The number of piperazine rings is 1. The Morgan fingerprint density at radius 3 is 2.56 bits per heavy atom. The number of aliphatic hydroxyl groups excluding tert-OH is 1. The number of carbonyl (C=O) groups is 1. The molecule has 2 fully saturated rings. The number of nitrogens with one attached hydrogen (secondary N) is 1. The molecule has 7 nitrogen and oxygen atoms in total. The van der Waals surface area contributed by atoms with Crippen molar-refractivity contribution in [3.8, 4) is 11.8 Å². The third-order valence-electron chi connectivity index (χ3n) is 5.15. The van der Waals surface area contributed by atoms with Crippen molar-refractivity contribution in [3.63, 3.8) is 0 Å². The standard InChI is InChI=1S/C20H28N4O3/c1-15(20(26)22-17-4-5-17)24-10-8-23(9-11-24)13-18(25)14-27-19-6-2-16(12-21)3-7-19/h2-3,6-7,15,17-18,25H,4-5,8-11,13-14H2,1H3,(H,22,26). The molecule has 1 aliphatic heterocycles. The lowest BCUT2D eigenvalue weighted by atomic mass is 10.2. The SMILES string of the molecule is CC(C(=O)NC1CC1)N1CCN(CC(O)COc2ccc(C#N)cc2)CC1. The van der Waals surface area contributed by atoms with E-state index in [1.165, 1.54) is 0 Å². The minimum absolute atomic E-state index is 0.0996. The Bertz CT molecular complexity index is 661. The van der Waals surface area contributed by atoms with E-state index in [4.69, 9.17) is 10.00 Å². The Morgan fingerprint density at radius 2 is 1.96 bits per heavy atom. The van der Waals surface area contributed by atoms with Gasteiger partial charge in [-0.2, -0.15) is 5.26 Å². The number of hydrogen-bond acceptors (Lipinski definition) is 6. The Balaban J connectivity index is 1.35. The number of nitriles is 1. The normalized spacial score (nSPS) is 20.5. The summed E-state index contributed by atoms with van der Waals surface area (Å²) in [5, 5.41) is 22.1. The minimum atomic E-state index is -0.581. The van der Waals surface area contributed by atoms with Gasteiger partial charge in [-0.05, 0) is 44.0 Å². The number of aliphatic hydroxyl groups is 1. The van der Waals surface area contributed by atoms with E-state index in [9.17, 15) is 9.90 Å². The summed E-state index contributed by atoms with van der Waals surface area (Å²) in [7, 11) is 0. The highest BCUT2D eigenvalue weighted by atomic mass is 16.5. The molecule has 1 saturated carbocycles. The first-order valence-corrected chi connectivity index (χ1v) is 9.63. The molecule has 1 aromatic rings. The highest BCUT2D eigenvalue weighted by molar-refractivity contribution is 5.81. The van der Waals surface area contributed by atoms with Crippen molar-refractivity contribution in [1.29, 1.82) is 5.26 Å². The number of benzene rings is 1. The Kier molecular flexibility index (Phi) is 6.67. The molecule has 0 bridgehead atoms. The molecule has 0 aromatic heterocycles. The number of rotatable bonds is 8. The number of hydrogen-bond donors (Lipinski definition) is 2. The van der Waals surface area contributed by atoms with Crippen molar-refractivity contribution in [2.45, 2.75) is 38.0 Å². The molecule has 1 heterocycles. The van der Waals surface area contributed by atoms with Crippen molar-refractivity contribution in [1.82, 2.24) is 15.1 Å². The molecule has 146 valence electrons. The number of ether oxygens (including phenoxy) is 1. The van der Waals surface area contributed by atoms with Crippen LogP contribution in [0.1, 0.15) is 25.3 Å². The van der Waals surface area contributed by atoms with Gasteiger partial charge < -0.3 is 15.2 Å². The molecular weight excluding hydrogens is 344 g/mol. The Labute approximate surface area is 160 Å². The van der Waals surface area contributed by atoms with Gasteiger partial charge in [-0.15, -0.1) is 0 Å². The summed E-state index contributed by atoms with van der Waals surface area (Å²) >= 11 is 0. The molecule has 0 radical (unpaired) electrons. The first-order chi connectivity index (χ1) is 13.0. The predicted molar refractivity (Wildman–Crippen MR) is 101 cm³/mol. The van der Waals surface area contributed by atoms with E-state index in [0.29, 0.717) is 23.9 Å². The molecule has 1 amide bonds. The molecular formula is C20H28N4O3. The monoisotopic (exact) mass is 372 g/mol. The average Bonchev–Trinajstić information content (AvgIpc) is 3.50. The van der Waals surface area contributed by atoms with Gasteiger partial charge in [0.25, 0.3) is 0 Å². The molecule has 3 rings (SSSR count). The van der Waals surface area contributed by atoms with E-state index in [0.717, 1.165) is 39.0 Å². The molecule has 1 aromatic carbocycles. The molecule has 2 unspecified atom stereocenters. The molecule has 27 heavy (non-hydrogen) atoms. The summed E-state index contributed by atoms with van der Waals surface area (Å²) in [4.78, 5) is 16.6. The fraction of sp³-hybridized carbons (Fsp3) is 0.600. The van der Waals surface area contributed by atoms with Crippen molar-refractivity contribution >= 4 is 5.91 Å². The maximum Gasteiger partial charge on any atom is 0.237 e. The average molecular weight is 372 g/mol. The zero-order valence-corrected chi connectivity index (χ0v) is 15.8. The van der Waals surface area contributed by atoms with Gasteiger partial charge in [0.2, 0.25) is 5.91 Å². The van der Waals surface area contributed by atoms with Crippen LogP contribution in [0.5, 0.6) is 5.75 Å². The van der Waals surface area contributed by atoms with Gasteiger partial charge in [0, 0.05) is 38.8 Å². The highest BCUT2D eigenvalue weighted by Crippen LogP contribution is 2.19. The maximum absolute atomic E-state index is 12.2. The smallest absolute Gasteiger partial charge is 0.237 e. The number of carbonyl (C=O) groups excluding carboxylic acids is 1. The third-order valence-corrected chi connectivity index (χ3v) is 5.15. The van der Waals surface area contributed by atoms with Crippen molar-refractivity contribution in [2.75, 3.05) is 39.3 Å². The Hall–Kier alpha value is -2.14. The first kappa shape index (κ1) is 19.6. The summed E-state index contributed by atoms with van der Waals surface area (Å²) in [6.07, 6.45) is 1.63. The van der Waals surface area contributed by atoms with Crippen LogP contribution in [0.15, 0.2) is 24.3 Å². The second-order valence-corrected chi connectivity index (χ2v) is 7.40. The number of amides is 1. The largest absolute Gasteiger partial charge is 0.491 e. The van der Waals surface area contributed by atoms with Crippen molar-refractivity contribution in [3.05, 3.63) is 29.8 Å². The van der Waals surface area contributed by atoms with Crippen LogP contribution in [-0.2, 0) is 4.79 Å². The minimum Gasteiger partial charge on any atom is -0.491 e. The van der Waals surface area contributed by atoms with Crippen molar-refractivity contribution < 1.29 is 14.6 Å². The van der Waals surface area contributed by atoms with E-state index in [-0.39, 0.29) is 18.6 Å². The fourth-order valence-electron chi connectivity index (χ4n) is 3.22. The summed E-state index contributed by atoms with van der Waals surface area (Å²) in [5.74, 6) is 0.773. The number of β-amino-alcohol motifs (C(OH)–C–C–N with tert-alkyl or cyclic N) is 1. The predicted octanol–water partition coefficient (Wildman–Crippen LogP) is 0.583. The fourth-order valence-corrected chi connectivity index (χ4v) is 3.22.